The Kier molecular flexibility index (Phi) is 7.06. The Balaban J connectivity index is 1.55. The van der Waals surface area contributed by atoms with Gasteiger partial charge >= 0.3 is 0 Å². The zero-order chi connectivity index (χ0) is 25.1. The first kappa shape index (κ1) is 24.3. The van der Waals surface area contributed by atoms with Gasteiger partial charge in [0.1, 0.15) is 5.82 Å². The van der Waals surface area contributed by atoms with Crippen molar-refractivity contribution in [2.24, 2.45) is 0 Å². The molecular weight excluding hydrogens is 455 g/mol. The van der Waals surface area contributed by atoms with E-state index in [-0.39, 0.29) is 29.0 Å². The van der Waals surface area contributed by atoms with Crippen LogP contribution in [0.5, 0.6) is 5.75 Å². The minimum absolute atomic E-state index is 0.0383. The number of rotatable bonds is 6. The molecule has 1 aliphatic rings. The number of carbonyl (C=O) groups excluding carboxylic acids is 3. The summed E-state index contributed by atoms with van der Waals surface area (Å²) in [6.45, 7) is 3.09. The molecule has 4 rings (SSSR count). The number of carbonyl (C=O) groups is 3. The molecule has 1 fully saturated rings. The summed E-state index contributed by atoms with van der Waals surface area (Å²) < 4.78 is 19.8. The molecule has 0 aliphatic carbocycles. The van der Waals surface area contributed by atoms with Crippen molar-refractivity contribution in [1.29, 1.82) is 0 Å². The molecule has 0 spiro atoms. The predicted octanol–water partition coefficient (Wildman–Crippen LogP) is 1.50. The first-order valence-corrected chi connectivity index (χ1v) is 11.2. The first-order chi connectivity index (χ1) is 16.8. The van der Waals surface area contributed by atoms with Crippen LogP contribution in [0.1, 0.15) is 33.1 Å². The minimum Gasteiger partial charge on any atom is -0.494 e. The van der Waals surface area contributed by atoms with E-state index < -0.39 is 11.7 Å². The lowest BCUT2D eigenvalue weighted by Gasteiger charge is -2.22. The fraction of sp³-hybridized carbons (Fsp3) is 0.375. The maximum atomic E-state index is 13.5. The lowest BCUT2D eigenvalue weighted by molar-refractivity contribution is -0.124. The van der Waals surface area contributed by atoms with Gasteiger partial charge in [0, 0.05) is 52.9 Å². The standard InChI is InChI=1S/C24H27FN6O4/c1-28(2)24(34)21(32)22-26-14-18-13-19(35-3)20(27-31(18)22)23(33)30-10-4-9-29(11-12-30)15-16-5-7-17(25)8-6-16/h5-8,13-14H,4,9-12,15H2,1-3H3. The summed E-state index contributed by atoms with van der Waals surface area (Å²) in [6.07, 6.45) is 2.16. The van der Waals surface area contributed by atoms with Gasteiger partial charge < -0.3 is 14.5 Å². The van der Waals surface area contributed by atoms with Crippen molar-refractivity contribution in [3.05, 3.63) is 59.4 Å². The quantitative estimate of drug-likeness (QED) is 0.388. The summed E-state index contributed by atoms with van der Waals surface area (Å²) in [5.74, 6) is -2.08. The van der Waals surface area contributed by atoms with Gasteiger partial charge in [-0.05, 0) is 24.1 Å². The number of hydrogen-bond donors (Lipinski definition) is 0. The second-order valence-corrected chi connectivity index (χ2v) is 8.56. The van der Waals surface area contributed by atoms with Gasteiger partial charge in [0.25, 0.3) is 17.6 Å². The third-order valence-electron chi connectivity index (χ3n) is 5.90. The van der Waals surface area contributed by atoms with E-state index in [2.05, 4.69) is 15.0 Å². The van der Waals surface area contributed by atoms with Crippen LogP contribution in [-0.4, -0.2) is 94.3 Å². The number of likely N-dealkylation sites (N-methyl/N-ethyl adjacent to an activating group) is 1. The Morgan fingerprint density at radius 1 is 1.09 bits per heavy atom. The van der Waals surface area contributed by atoms with Crippen molar-refractivity contribution in [3.8, 4) is 5.75 Å². The summed E-state index contributed by atoms with van der Waals surface area (Å²) in [7, 11) is 4.38. The molecule has 0 radical (unpaired) electrons. The van der Waals surface area contributed by atoms with Crippen LogP contribution in [0, 0.1) is 5.82 Å². The summed E-state index contributed by atoms with van der Waals surface area (Å²) >= 11 is 0. The number of amides is 2. The molecule has 0 saturated carbocycles. The molecule has 0 bridgehead atoms. The molecule has 10 nitrogen and oxygen atoms in total. The zero-order valence-corrected chi connectivity index (χ0v) is 19.9. The monoisotopic (exact) mass is 482 g/mol. The highest BCUT2D eigenvalue weighted by Crippen LogP contribution is 2.22. The zero-order valence-electron chi connectivity index (χ0n) is 19.9. The number of ketones is 1. The maximum absolute atomic E-state index is 13.5. The van der Waals surface area contributed by atoms with Gasteiger partial charge in [0.15, 0.2) is 11.4 Å². The molecular formula is C24H27FN6O4. The van der Waals surface area contributed by atoms with Crippen molar-refractivity contribution in [1.82, 2.24) is 29.3 Å². The number of hydrogen-bond acceptors (Lipinski definition) is 7. The Hall–Kier alpha value is -3.86. The molecule has 1 aliphatic heterocycles. The lowest BCUT2D eigenvalue weighted by Crippen LogP contribution is -2.36. The summed E-state index contributed by atoms with van der Waals surface area (Å²) in [5, 5.41) is 4.37. The van der Waals surface area contributed by atoms with E-state index in [1.165, 1.54) is 44.1 Å². The van der Waals surface area contributed by atoms with E-state index in [4.69, 9.17) is 4.74 Å². The smallest absolute Gasteiger partial charge is 0.297 e. The fourth-order valence-electron chi connectivity index (χ4n) is 4.00. The van der Waals surface area contributed by atoms with E-state index in [1.807, 2.05) is 0 Å². The Bertz CT molecular complexity index is 1260. The molecule has 11 heteroatoms. The van der Waals surface area contributed by atoms with E-state index in [0.717, 1.165) is 23.4 Å². The van der Waals surface area contributed by atoms with Gasteiger partial charge in [-0.1, -0.05) is 12.1 Å². The number of Topliss-reactive ketones (excluding diaryl/α,β-unsaturated/α-hetero) is 1. The Morgan fingerprint density at radius 2 is 1.83 bits per heavy atom. The molecule has 35 heavy (non-hydrogen) atoms. The van der Waals surface area contributed by atoms with E-state index in [9.17, 15) is 18.8 Å². The maximum Gasteiger partial charge on any atom is 0.297 e. The third-order valence-corrected chi connectivity index (χ3v) is 5.90. The molecule has 2 amide bonds. The van der Waals surface area contributed by atoms with Gasteiger partial charge in [-0.3, -0.25) is 19.3 Å². The Labute approximate surface area is 201 Å². The topological polar surface area (TPSA) is 100 Å². The van der Waals surface area contributed by atoms with Crippen molar-refractivity contribution in [3.63, 3.8) is 0 Å². The van der Waals surface area contributed by atoms with Crippen LogP contribution >= 0.6 is 0 Å². The normalized spacial score (nSPS) is 14.6. The highest BCUT2D eigenvalue weighted by molar-refractivity contribution is 6.41. The number of halogens is 1. The number of fused-ring (bicyclic) bond motifs is 1. The summed E-state index contributed by atoms with van der Waals surface area (Å²) in [5.41, 5.74) is 1.47. The molecule has 2 aromatic heterocycles. The minimum atomic E-state index is -0.822. The molecule has 1 aromatic carbocycles. The van der Waals surface area contributed by atoms with Crippen molar-refractivity contribution >= 4 is 23.1 Å². The first-order valence-electron chi connectivity index (χ1n) is 11.2. The summed E-state index contributed by atoms with van der Waals surface area (Å²) in [4.78, 5) is 47.3. The highest BCUT2D eigenvalue weighted by atomic mass is 19.1. The summed E-state index contributed by atoms with van der Waals surface area (Å²) in [6, 6.07) is 7.98. The van der Waals surface area contributed by atoms with Gasteiger partial charge in [0.2, 0.25) is 5.82 Å². The van der Waals surface area contributed by atoms with Crippen molar-refractivity contribution in [2.45, 2.75) is 13.0 Å². The van der Waals surface area contributed by atoms with Gasteiger partial charge in [-0.15, -0.1) is 0 Å². The Morgan fingerprint density at radius 3 is 2.51 bits per heavy atom. The molecule has 184 valence electrons. The van der Waals surface area contributed by atoms with Gasteiger partial charge in [-0.25, -0.2) is 13.9 Å². The average molecular weight is 483 g/mol. The second kappa shape index (κ2) is 10.2. The lowest BCUT2D eigenvalue weighted by atomic mass is 10.2. The van der Waals surface area contributed by atoms with Crippen LogP contribution < -0.4 is 4.74 Å². The highest BCUT2D eigenvalue weighted by Gasteiger charge is 2.28. The second-order valence-electron chi connectivity index (χ2n) is 8.56. The van der Waals surface area contributed by atoms with Crippen LogP contribution in [0.25, 0.3) is 5.52 Å². The number of ether oxygens (including phenoxy) is 1. The molecule has 0 N–H and O–H groups in total. The number of nitrogens with zero attached hydrogens (tertiary/aromatic N) is 6. The van der Waals surface area contributed by atoms with Crippen LogP contribution in [0.4, 0.5) is 4.39 Å². The number of imidazole rings is 1. The van der Waals surface area contributed by atoms with E-state index in [0.29, 0.717) is 31.7 Å². The fourth-order valence-corrected chi connectivity index (χ4v) is 4.00. The molecule has 0 atom stereocenters. The SMILES string of the molecule is COc1cc2cnc(C(=O)C(=O)N(C)C)n2nc1C(=O)N1CCCN(Cc2ccc(F)cc2)CC1. The van der Waals surface area contributed by atoms with Crippen LogP contribution in [0.15, 0.2) is 36.5 Å². The average Bonchev–Trinajstić information content (AvgIpc) is 3.13. The predicted molar refractivity (Wildman–Crippen MR) is 125 cm³/mol. The molecule has 3 heterocycles. The van der Waals surface area contributed by atoms with Crippen LogP contribution in [-0.2, 0) is 11.3 Å². The molecule has 3 aromatic rings. The number of methoxy groups -OCH3 is 1. The number of benzene rings is 1. The van der Waals surface area contributed by atoms with Crippen LogP contribution in [0.3, 0.4) is 0 Å². The van der Waals surface area contributed by atoms with Gasteiger partial charge in [-0.2, -0.15) is 5.10 Å². The van der Waals surface area contributed by atoms with Gasteiger partial charge in [0.05, 0.1) is 18.8 Å². The third kappa shape index (κ3) is 5.14. The van der Waals surface area contributed by atoms with Crippen molar-refractivity contribution in [2.75, 3.05) is 47.4 Å². The number of aromatic nitrogens is 3. The molecule has 0 unspecified atom stereocenters. The van der Waals surface area contributed by atoms with E-state index >= 15 is 0 Å². The van der Waals surface area contributed by atoms with Crippen molar-refractivity contribution < 1.29 is 23.5 Å². The van der Waals surface area contributed by atoms with E-state index in [1.54, 1.807) is 23.1 Å². The van der Waals surface area contributed by atoms with Crippen LogP contribution in [0.2, 0.25) is 0 Å². The largest absolute Gasteiger partial charge is 0.494 e. The molecule has 1 saturated heterocycles.